The summed E-state index contributed by atoms with van der Waals surface area (Å²) < 4.78 is 2.18. The van der Waals surface area contributed by atoms with Crippen molar-refractivity contribution in [3.05, 3.63) is 106 Å². The van der Waals surface area contributed by atoms with E-state index in [0.29, 0.717) is 18.7 Å². The van der Waals surface area contributed by atoms with Crippen molar-refractivity contribution in [2.45, 2.75) is 38.9 Å². The number of fused-ring (bicyclic) bond motifs is 3. The van der Waals surface area contributed by atoms with Crippen LogP contribution in [0.3, 0.4) is 0 Å². The van der Waals surface area contributed by atoms with Gasteiger partial charge in [-0.05, 0) is 49.1 Å². The molecule has 2 aliphatic heterocycles. The molecule has 2 unspecified atom stereocenters. The van der Waals surface area contributed by atoms with E-state index in [4.69, 9.17) is 0 Å². The lowest BCUT2D eigenvalue weighted by Crippen LogP contribution is -2.50. The fourth-order valence-corrected chi connectivity index (χ4v) is 5.99. The number of nitrogens with zero attached hydrogens (tertiary/aromatic N) is 3. The topological polar surface area (TPSA) is 45.6 Å². The Morgan fingerprint density at radius 2 is 1.63 bits per heavy atom. The highest BCUT2D eigenvalue weighted by molar-refractivity contribution is 6.03. The molecule has 176 valence electrons. The largest absolute Gasteiger partial charge is 0.348 e. The van der Waals surface area contributed by atoms with Crippen LogP contribution in [0, 0.1) is 6.92 Å². The molecule has 1 aromatic heterocycles. The average molecular weight is 464 g/mol. The third kappa shape index (κ3) is 3.22. The van der Waals surface area contributed by atoms with E-state index in [0.717, 1.165) is 34.1 Å². The van der Waals surface area contributed by atoms with Gasteiger partial charge in [-0.1, -0.05) is 60.7 Å². The molecule has 0 radical (unpaired) electrons. The molecule has 3 heterocycles. The van der Waals surface area contributed by atoms with Crippen LogP contribution in [-0.2, 0) is 24.8 Å². The van der Waals surface area contributed by atoms with Crippen molar-refractivity contribution in [2.75, 3.05) is 6.54 Å². The molecule has 35 heavy (non-hydrogen) atoms. The third-order valence-electron chi connectivity index (χ3n) is 7.94. The Morgan fingerprint density at radius 1 is 0.943 bits per heavy atom. The first-order valence-corrected chi connectivity index (χ1v) is 12.3. The maximum absolute atomic E-state index is 13.8. The third-order valence-corrected chi connectivity index (χ3v) is 7.94. The number of aromatic nitrogens is 1. The highest BCUT2D eigenvalue weighted by atomic mass is 16.2. The van der Waals surface area contributed by atoms with Gasteiger partial charge in [0.2, 0.25) is 5.91 Å². The zero-order valence-electron chi connectivity index (χ0n) is 20.4. The molecule has 2 aliphatic rings. The second-order valence-corrected chi connectivity index (χ2v) is 9.73. The summed E-state index contributed by atoms with van der Waals surface area (Å²) in [4.78, 5) is 31.4. The molecule has 0 spiro atoms. The molecule has 5 heteroatoms. The van der Waals surface area contributed by atoms with Crippen LogP contribution in [-0.4, -0.2) is 38.8 Å². The molecule has 3 aromatic carbocycles. The highest BCUT2D eigenvalue weighted by Crippen LogP contribution is 2.44. The standard InChI is InChI=1S/C30H29N3O2/c1-19-27(25-14-8-9-15-26(25)31(19)3)28-23-12-6-7-13-24(23)30(35)33(28)20(2)29(34)32-17-16-21-10-4-5-11-22(21)18-32/h4-15,20,28H,16-18H2,1-3H3. The van der Waals surface area contributed by atoms with E-state index < -0.39 is 6.04 Å². The van der Waals surface area contributed by atoms with E-state index >= 15 is 0 Å². The number of carbonyl (C=O) groups is 2. The summed E-state index contributed by atoms with van der Waals surface area (Å²) in [5, 5.41) is 1.12. The molecule has 0 bridgehead atoms. The van der Waals surface area contributed by atoms with E-state index in [9.17, 15) is 9.59 Å². The molecule has 2 amide bonds. The molecule has 2 atom stereocenters. The first-order valence-electron chi connectivity index (χ1n) is 12.3. The van der Waals surface area contributed by atoms with Crippen LogP contribution in [0.5, 0.6) is 0 Å². The van der Waals surface area contributed by atoms with Gasteiger partial charge in [0.15, 0.2) is 0 Å². The summed E-state index contributed by atoms with van der Waals surface area (Å²) in [6.07, 6.45) is 0.842. The van der Waals surface area contributed by atoms with Crippen LogP contribution >= 0.6 is 0 Å². The predicted octanol–water partition coefficient (Wildman–Crippen LogP) is 5.01. The van der Waals surface area contributed by atoms with Crippen molar-refractivity contribution < 1.29 is 9.59 Å². The normalized spacial score (nSPS) is 18.0. The fraction of sp³-hybridized carbons (Fsp3) is 0.267. The zero-order valence-corrected chi connectivity index (χ0v) is 20.4. The van der Waals surface area contributed by atoms with Crippen LogP contribution in [0.25, 0.3) is 10.9 Å². The van der Waals surface area contributed by atoms with Crippen molar-refractivity contribution in [3.8, 4) is 0 Å². The van der Waals surface area contributed by atoms with Gasteiger partial charge < -0.3 is 14.4 Å². The lowest BCUT2D eigenvalue weighted by molar-refractivity contribution is -0.136. The minimum atomic E-state index is -0.580. The molecule has 0 N–H and O–H groups in total. The van der Waals surface area contributed by atoms with Crippen molar-refractivity contribution in [3.63, 3.8) is 0 Å². The Morgan fingerprint density at radius 3 is 2.46 bits per heavy atom. The lowest BCUT2D eigenvalue weighted by atomic mass is 9.94. The van der Waals surface area contributed by atoms with Gasteiger partial charge in [-0.25, -0.2) is 0 Å². The minimum absolute atomic E-state index is 0.00329. The van der Waals surface area contributed by atoms with Crippen molar-refractivity contribution in [2.24, 2.45) is 7.05 Å². The number of aryl methyl sites for hydroxylation is 1. The van der Waals surface area contributed by atoms with Crippen LogP contribution in [0.15, 0.2) is 72.8 Å². The molecule has 0 aliphatic carbocycles. The maximum atomic E-state index is 13.8. The molecule has 0 saturated carbocycles. The second kappa shape index (κ2) is 8.12. The Bertz CT molecular complexity index is 1480. The summed E-state index contributed by atoms with van der Waals surface area (Å²) in [5.74, 6) is -0.0697. The summed E-state index contributed by atoms with van der Waals surface area (Å²) in [6.45, 7) is 5.26. The second-order valence-electron chi connectivity index (χ2n) is 9.73. The van der Waals surface area contributed by atoms with Gasteiger partial charge in [0.25, 0.3) is 5.91 Å². The first-order chi connectivity index (χ1) is 17.0. The van der Waals surface area contributed by atoms with Crippen molar-refractivity contribution in [1.29, 1.82) is 0 Å². The molecular weight excluding hydrogens is 434 g/mol. The maximum Gasteiger partial charge on any atom is 0.255 e. The van der Waals surface area contributed by atoms with Gasteiger partial charge in [-0.15, -0.1) is 0 Å². The molecule has 0 saturated heterocycles. The van der Waals surface area contributed by atoms with Gasteiger partial charge in [0.1, 0.15) is 6.04 Å². The Balaban J connectivity index is 1.43. The number of hydrogen-bond donors (Lipinski definition) is 0. The number of hydrogen-bond acceptors (Lipinski definition) is 2. The molecule has 0 fully saturated rings. The molecule has 5 nitrogen and oxygen atoms in total. The van der Waals surface area contributed by atoms with Crippen molar-refractivity contribution in [1.82, 2.24) is 14.4 Å². The smallest absolute Gasteiger partial charge is 0.255 e. The summed E-state index contributed by atoms with van der Waals surface area (Å²) in [5.41, 5.74) is 7.50. The predicted molar refractivity (Wildman–Crippen MR) is 137 cm³/mol. The Labute approximate surface area is 205 Å². The number of benzene rings is 3. The monoisotopic (exact) mass is 463 g/mol. The Hall–Kier alpha value is -3.86. The SMILES string of the molecule is Cc1c(C2c3ccccc3C(=O)N2C(C)C(=O)N2CCc3ccccc3C2)c2ccccc2n1C. The van der Waals surface area contributed by atoms with Gasteiger partial charge in [0, 0.05) is 47.9 Å². The van der Waals surface area contributed by atoms with Crippen LogP contribution < -0.4 is 0 Å². The van der Waals surface area contributed by atoms with Gasteiger partial charge >= 0.3 is 0 Å². The van der Waals surface area contributed by atoms with E-state index in [-0.39, 0.29) is 17.9 Å². The van der Waals surface area contributed by atoms with Crippen LogP contribution in [0.1, 0.15) is 51.3 Å². The first kappa shape index (κ1) is 21.7. The van der Waals surface area contributed by atoms with E-state index in [1.54, 1.807) is 0 Å². The van der Waals surface area contributed by atoms with Crippen molar-refractivity contribution >= 4 is 22.7 Å². The summed E-state index contributed by atoms with van der Waals surface area (Å²) in [6, 6.07) is 23.5. The number of amides is 2. The van der Waals surface area contributed by atoms with Gasteiger partial charge in [-0.3, -0.25) is 9.59 Å². The van der Waals surface area contributed by atoms with Gasteiger partial charge in [0.05, 0.1) is 6.04 Å². The van der Waals surface area contributed by atoms with E-state index in [1.165, 1.54) is 11.1 Å². The molecule has 4 aromatic rings. The summed E-state index contributed by atoms with van der Waals surface area (Å²) >= 11 is 0. The number of para-hydroxylation sites is 1. The van der Waals surface area contributed by atoms with E-state index in [1.807, 2.05) is 59.2 Å². The quantitative estimate of drug-likeness (QED) is 0.429. The minimum Gasteiger partial charge on any atom is -0.348 e. The fourth-order valence-electron chi connectivity index (χ4n) is 5.99. The summed E-state index contributed by atoms with van der Waals surface area (Å²) in [7, 11) is 2.06. The van der Waals surface area contributed by atoms with Gasteiger partial charge in [-0.2, -0.15) is 0 Å². The highest BCUT2D eigenvalue weighted by Gasteiger charge is 2.44. The molecule has 6 rings (SSSR count). The number of carbonyl (C=O) groups excluding carboxylic acids is 2. The lowest BCUT2D eigenvalue weighted by Gasteiger charge is -2.36. The Kier molecular flexibility index (Phi) is 5.03. The van der Waals surface area contributed by atoms with Crippen LogP contribution in [0.2, 0.25) is 0 Å². The average Bonchev–Trinajstić information content (AvgIpc) is 3.32. The van der Waals surface area contributed by atoms with Crippen LogP contribution in [0.4, 0.5) is 0 Å². The molecular formula is C30H29N3O2. The van der Waals surface area contributed by atoms with E-state index in [2.05, 4.69) is 48.9 Å². The number of rotatable bonds is 3. The zero-order chi connectivity index (χ0) is 24.3.